The van der Waals surface area contributed by atoms with Crippen molar-refractivity contribution in [1.82, 2.24) is 23.9 Å². The summed E-state index contributed by atoms with van der Waals surface area (Å²) in [7, 11) is 2.73. The summed E-state index contributed by atoms with van der Waals surface area (Å²) in [6, 6.07) is 3.89. The van der Waals surface area contributed by atoms with Crippen molar-refractivity contribution in [2.24, 2.45) is 14.1 Å². The van der Waals surface area contributed by atoms with E-state index in [0.29, 0.717) is 11.7 Å². The van der Waals surface area contributed by atoms with Gasteiger partial charge >= 0.3 is 5.69 Å². The molecule has 0 fully saturated rings. The molecule has 0 unspecified atom stereocenters. The van der Waals surface area contributed by atoms with Gasteiger partial charge in [-0.05, 0) is 18.4 Å². The zero-order valence-electron chi connectivity index (χ0n) is 15.0. The van der Waals surface area contributed by atoms with Crippen LogP contribution in [0.1, 0.15) is 17.3 Å². The van der Waals surface area contributed by atoms with Crippen LogP contribution in [0.5, 0.6) is 0 Å². The molecule has 27 heavy (non-hydrogen) atoms. The average Bonchev–Trinajstić information content (AvgIpc) is 3.32. The lowest BCUT2D eigenvalue weighted by atomic mass is 10.2. The summed E-state index contributed by atoms with van der Waals surface area (Å²) in [6.45, 7) is 2.60. The standard InChI is InChI=1S/C16H18N6O3S2/c1-4-22-13(10-6-5-7-26-10)18-19-15(22)27-8-9(23)11-12(17)20(2)16(25)21(3)14(11)24/h5-7H,4,8,17H2,1-3H3. The Kier molecular flexibility index (Phi) is 5.33. The molecule has 0 aliphatic rings. The zero-order valence-corrected chi connectivity index (χ0v) is 16.6. The second-order valence-corrected chi connectivity index (χ2v) is 7.60. The summed E-state index contributed by atoms with van der Waals surface area (Å²) in [4.78, 5) is 37.8. The maximum atomic E-state index is 12.6. The van der Waals surface area contributed by atoms with Crippen molar-refractivity contribution in [2.45, 2.75) is 18.6 Å². The molecule has 3 rings (SSSR count). The number of thiophene rings is 1. The first-order chi connectivity index (χ1) is 12.9. The molecule has 0 amide bonds. The van der Waals surface area contributed by atoms with E-state index in [9.17, 15) is 14.4 Å². The molecule has 0 saturated heterocycles. The summed E-state index contributed by atoms with van der Waals surface area (Å²) < 4.78 is 3.87. The zero-order chi connectivity index (χ0) is 19.7. The third-order valence-corrected chi connectivity index (χ3v) is 5.93. The van der Waals surface area contributed by atoms with Crippen LogP contribution in [0, 0.1) is 0 Å². The van der Waals surface area contributed by atoms with Crippen molar-refractivity contribution in [3.8, 4) is 10.7 Å². The van der Waals surface area contributed by atoms with E-state index in [0.717, 1.165) is 19.8 Å². The third-order valence-electron chi connectivity index (χ3n) is 4.10. The molecule has 3 heterocycles. The monoisotopic (exact) mass is 406 g/mol. The minimum absolute atomic E-state index is 0.0415. The molecule has 9 nitrogen and oxygen atoms in total. The summed E-state index contributed by atoms with van der Waals surface area (Å²) in [5, 5.41) is 10.9. The number of hydrogen-bond acceptors (Lipinski definition) is 8. The van der Waals surface area contributed by atoms with E-state index >= 15 is 0 Å². The van der Waals surface area contributed by atoms with Crippen molar-refractivity contribution >= 4 is 34.7 Å². The van der Waals surface area contributed by atoms with E-state index in [4.69, 9.17) is 5.73 Å². The first-order valence-electron chi connectivity index (χ1n) is 8.05. The number of thioether (sulfide) groups is 1. The molecule has 0 bridgehead atoms. The predicted octanol–water partition coefficient (Wildman–Crippen LogP) is 0.981. The van der Waals surface area contributed by atoms with Gasteiger partial charge in [-0.3, -0.25) is 18.7 Å². The Morgan fingerprint density at radius 1 is 1.26 bits per heavy atom. The highest BCUT2D eigenvalue weighted by molar-refractivity contribution is 7.99. The van der Waals surface area contributed by atoms with Gasteiger partial charge in [-0.1, -0.05) is 17.8 Å². The van der Waals surface area contributed by atoms with E-state index < -0.39 is 17.0 Å². The summed E-state index contributed by atoms with van der Waals surface area (Å²) in [6.07, 6.45) is 0. The van der Waals surface area contributed by atoms with Gasteiger partial charge in [0, 0.05) is 20.6 Å². The Balaban J connectivity index is 1.88. The van der Waals surface area contributed by atoms with Gasteiger partial charge in [0.15, 0.2) is 16.8 Å². The largest absolute Gasteiger partial charge is 0.384 e. The Morgan fingerprint density at radius 3 is 2.63 bits per heavy atom. The van der Waals surface area contributed by atoms with Crippen molar-refractivity contribution in [2.75, 3.05) is 11.5 Å². The SMILES string of the molecule is CCn1c(SCC(=O)c2c(N)n(C)c(=O)n(C)c2=O)nnc1-c1cccs1. The van der Waals surface area contributed by atoms with Crippen LogP contribution in [0.3, 0.4) is 0 Å². The number of Topliss-reactive ketones (excluding diaryl/α,β-unsaturated/α-hetero) is 1. The molecule has 142 valence electrons. The number of carbonyl (C=O) groups is 1. The van der Waals surface area contributed by atoms with Crippen molar-refractivity contribution < 1.29 is 4.79 Å². The average molecular weight is 406 g/mol. The Morgan fingerprint density at radius 2 is 2.00 bits per heavy atom. The molecule has 0 aliphatic heterocycles. The van der Waals surface area contributed by atoms with E-state index in [-0.39, 0.29) is 17.1 Å². The van der Waals surface area contributed by atoms with E-state index in [1.165, 1.54) is 25.9 Å². The van der Waals surface area contributed by atoms with Crippen molar-refractivity contribution in [3.05, 3.63) is 43.9 Å². The van der Waals surface area contributed by atoms with E-state index in [1.54, 1.807) is 11.3 Å². The molecule has 11 heteroatoms. The highest BCUT2D eigenvalue weighted by atomic mass is 32.2. The maximum Gasteiger partial charge on any atom is 0.332 e. The van der Waals surface area contributed by atoms with Gasteiger partial charge in [0.1, 0.15) is 11.4 Å². The Hall–Kier alpha value is -2.66. The Bertz CT molecular complexity index is 1110. The van der Waals surface area contributed by atoms with Crippen LogP contribution in [0.25, 0.3) is 10.7 Å². The van der Waals surface area contributed by atoms with Gasteiger partial charge in [-0.2, -0.15) is 0 Å². The molecule has 3 aromatic rings. The summed E-state index contributed by atoms with van der Waals surface area (Å²) in [5.41, 5.74) is 4.38. The molecular weight excluding hydrogens is 388 g/mol. The molecule has 0 atom stereocenters. The van der Waals surface area contributed by atoms with Crippen LogP contribution in [0.15, 0.2) is 32.3 Å². The lowest BCUT2D eigenvalue weighted by Crippen LogP contribution is -2.41. The number of nitrogens with two attached hydrogens (primary N) is 1. The van der Waals surface area contributed by atoms with Gasteiger partial charge in [-0.25, -0.2) is 4.79 Å². The lowest BCUT2D eigenvalue weighted by Gasteiger charge is -2.10. The van der Waals surface area contributed by atoms with Crippen LogP contribution < -0.4 is 17.0 Å². The molecule has 0 aromatic carbocycles. The minimum Gasteiger partial charge on any atom is -0.384 e. The fourth-order valence-corrected chi connectivity index (χ4v) is 4.18. The van der Waals surface area contributed by atoms with Crippen LogP contribution in [-0.4, -0.2) is 35.4 Å². The lowest BCUT2D eigenvalue weighted by molar-refractivity contribution is 0.102. The number of hydrogen-bond donors (Lipinski definition) is 1. The van der Waals surface area contributed by atoms with Crippen LogP contribution >= 0.6 is 23.1 Å². The van der Waals surface area contributed by atoms with E-state index in [2.05, 4.69) is 10.2 Å². The predicted molar refractivity (Wildman–Crippen MR) is 105 cm³/mol. The molecule has 3 aromatic heterocycles. The van der Waals surface area contributed by atoms with Crippen molar-refractivity contribution in [1.29, 1.82) is 0 Å². The van der Waals surface area contributed by atoms with Gasteiger partial charge in [0.2, 0.25) is 0 Å². The quantitative estimate of drug-likeness (QED) is 0.479. The van der Waals surface area contributed by atoms with Gasteiger partial charge in [0.25, 0.3) is 5.56 Å². The molecule has 0 aliphatic carbocycles. The highest BCUT2D eigenvalue weighted by Crippen LogP contribution is 2.27. The smallest absolute Gasteiger partial charge is 0.332 e. The minimum atomic E-state index is -0.697. The summed E-state index contributed by atoms with van der Waals surface area (Å²) >= 11 is 2.74. The fraction of sp³-hybridized carbons (Fsp3) is 0.312. The fourth-order valence-electron chi connectivity index (χ4n) is 2.59. The summed E-state index contributed by atoms with van der Waals surface area (Å²) in [5.74, 6) is 0.0992. The van der Waals surface area contributed by atoms with Crippen LogP contribution in [0.2, 0.25) is 0 Å². The van der Waals surface area contributed by atoms with E-state index in [1.807, 2.05) is 29.0 Å². The highest BCUT2D eigenvalue weighted by Gasteiger charge is 2.22. The number of rotatable bonds is 6. The van der Waals surface area contributed by atoms with Crippen molar-refractivity contribution in [3.63, 3.8) is 0 Å². The Labute approximate surface area is 162 Å². The number of aromatic nitrogens is 5. The van der Waals surface area contributed by atoms with Gasteiger partial charge in [0.05, 0.1) is 10.6 Å². The first-order valence-corrected chi connectivity index (χ1v) is 9.91. The molecule has 0 saturated carbocycles. The number of ketones is 1. The van der Waals surface area contributed by atoms with Crippen LogP contribution in [-0.2, 0) is 20.6 Å². The molecular formula is C16H18N6O3S2. The molecule has 0 spiro atoms. The molecule has 2 N–H and O–H groups in total. The number of anilines is 1. The number of nitrogens with zero attached hydrogens (tertiary/aromatic N) is 5. The second-order valence-electron chi connectivity index (χ2n) is 5.71. The molecule has 0 radical (unpaired) electrons. The number of nitrogen functional groups attached to an aromatic ring is 1. The maximum absolute atomic E-state index is 12.6. The second kappa shape index (κ2) is 7.53. The van der Waals surface area contributed by atoms with Gasteiger partial charge < -0.3 is 10.3 Å². The van der Waals surface area contributed by atoms with Gasteiger partial charge in [-0.15, -0.1) is 21.5 Å². The topological polar surface area (TPSA) is 118 Å². The normalized spacial score (nSPS) is 11.1. The third kappa shape index (κ3) is 3.35. The number of carbonyl (C=O) groups excluding carboxylic acids is 1. The first kappa shape index (κ1) is 19.1. The van der Waals surface area contributed by atoms with Crippen LogP contribution in [0.4, 0.5) is 5.82 Å².